The highest BCUT2D eigenvalue weighted by Gasteiger charge is 2.14. The van der Waals surface area contributed by atoms with Gasteiger partial charge in [0.25, 0.3) is 5.69 Å². The van der Waals surface area contributed by atoms with Crippen LogP contribution in [-0.2, 0) is 0 Å². The van der Waals surface area contributed by atoms with Crippen LogP contribution in [0.25, 0.3) is 0 Å². The molecule has 0 spiro atoms. The highest BCUT2D eigenvalue weighted by atomic mass is 32.2. The molecule has 1 aromatic rings. The monoisotopic (exact) mass is 238 g/mol. The molecule has 1 unspecified atom stereocenters. The molecule has 1 aromatic carbocycles. The molecule has 2 rings (SSSR count). The Morgan fingerprint density at radius 1 is 1.44 bits per heavy atom. The molecule has 1 aliphatic heterocycles. The lowest BCUT2D eigenvalue weighted by Crippen LogP contribution is -2.13. The topological polar surface area (TPSA) is 55.2 Å². The van der Waals surface area contributed by atoms with Crippen molar-refractivity contribution in [2.45, 2.75) is 18.1 Å². The molecule has 0 aromatic heterocycles. The summed E-state index contributed by atoms with van der Waals surface area (Å²) in [6.07, 6.45) is 2.57. The number of rotatable bonds is 4. The molecule has 1 fully saturated rings. The highest BCUT2D eigenvalue weighted by molar-refractivity contribution is 8.00. The molecular formula is C11H14N2O2S. The Balaban J connectivity index is 1.87. The minimum Gasteiger partial charge on any atom is -0.384 e. The van der Waals surface area contributed by atoms with Gasteiger partial charge in [-0.3, -0.25) is 10.1 Å². The fraction of sp³-hybridized carbons (Fsp3) is 0.455. The lowest BCUT2D eigenvalue weighted by Gasteiger charge is -2.10. The number of benzene rings is 1. The zero-order chi connectivity index (χ0) is 11.4. The van der Waals surface area contributed by atoms with Gasteiger partial charge in [-0.1, -0.05) is 0 Å². The van der Waals surface area contributed by atoms with Crippen LogP contribution in [0.3, 0.4) is 0 Å². The van der Waals surface area contributed by atoms with E-state index < -0.39 is 0 Å². The SMILES string of the molecule is O=[N+]([O-])c1ccc(NCC2CCCS2)cc1. The minimum atomic E-state index is -0.378. The summed E-state index contributed by atoms with van der Waals surface area (Å²) in [5.41, 5.74) is 1.10. The fourth-order valence-corrected chi connectivity index (χ4v) is 2.94. The quantitative estimate of drug-likeness (QED) is 0.647. The first-order chi connectivity index (χ1) is 7.75. The van der Waals surface area contributed by atoms with E-state index in [1.165, 1.54) is 30.7 Å². The first kappa shape index (κ1) is 11.3. The van der Waals surface area contributed by atoms with Crippen LogP contribution in [0.4, 0.5) is 11.4 Å². The van der Waals surface area contributed by atoms with E-state index in [2.05, 4.69) is 5.32 Å². The van der Waals surface area contributed by atoms with Crippen LogP contribution in [0.15, 0.2) is 24.3 Å². The van der Waals surface area contributed by atoms with Crippen LogP contribution in [0.2, 0.25) is 0 Å². The second-order valence-corrected chi connectivity index (χ2v) is 5.23. The fourth-order valence-electron chi connectivity index (χ4n) is 1.74. The predicted molar refractivity (Wildman–Crippen MR) is 67.1 cm³/mol. The van der Waals surface area contributed by atoms with Gasteiger partial charge in [-0.05, 0) is 30.7 Å². The first-order valence-electron chi connectivity index (χ1n) is 5.35. The van der Waals surface area contributed by atoms with Crippen molar-refractivity contribution >= 4 is 23.1 Å². The number of anilines is 1. The largest absolute Gasteiger partial charge is 0.384 e. The van der Waals surface area contributed by atoms with Gasteiger partial charge >= 0.3 is 0 Å². The first-order valence-corrected chi connectivity index (χ1v) is 6.40. The summed E-state index contributed by atoms with van der Waals surface area (Å²) in [6.45, 7) is 0.947. The molecule has 0 saturated carbocycles. The number of hydrogen-bond acceptors (Lipinski definition) is 4. The number of hydrogen-bond donors (Lipinski definition) is 1. The molecule has 5 heteroatoms. The third kappa shape index (κ3) is 2.88. The Hall–Kier alpha value is -1.23. The van der Waals surface area contributed by atoms with E-state index in [9.17, 15) is 10.1 Å². The zero-order valence-corrected chi connectivity index (χ0v) is 9.70. The lowest BCUT2D eigenvalue weighted by molar-refractivity contribution is -0.384. The maximum Gasteiger partial charge on any atom is 0.269 e. The molecule has 86 valence electrons. The third-order valence-corrected chi connectivity index (χ3v) is 4.03. The highest BCUT2D eigenvalue weighted by Crippen LogP contribution is 2.26. The minimum absolute atomic E-state index is 0.140. The van der Waals surface area contributed by atoms with Gasteiger partial charge in [-0.15, -0.1) is 0 Å². The Kier molecular flexibility index (Phi) is 3.66. The molecular weight excluding hydrogens is 224 g/mol. The second kappa shape index (κ2) is 5.21. The maximum absolute atomic E-state index is 10.5. The van der Waals surface area contributed by atoms with E-state index in [1.54, 1.807) is 12.1 Å². The van der Waals surface area contributed by atoms with E-state index in [0.29, 0.717) is 5.25 Å². The van der Waals surface area contributed by atoms with Crippen LogP contribution < -0.4 is 5.32 Å². The summed E-state index contributed by atoms with van der Waals surface area (Å²) in [6, 6.07) is 6.59. The standard InChI is InChI=1S/C11H14N2O2S/c14-13(15)10-5-3-9(4-6-10)12-8-11-2-1-7-16-11/h3-6,11-12H,1-2,7-8H2. The Morgan fingerprint density at radius 3 is 2.75 bits per heavy atom. The second-order valence-electron chi connectivity index (χ2n) is 3.82. The van der Waals surface area contributed by atoms with Gasteiger partial charge in [0.15, 0.2) is 0 Å². The van der Waals surface area contributed by atoms with Gasteiger partial charge in [-0.25, -0.2) is 0 Å². The summed E-state index contributed by atoms with van der Waals surface area (Å²) in [5, 5.41) is 14.5. The van der Waals surface area contributed by atoms with E-state index in [-0.39, 0.29) is 10.6 Å². The van der Waals surface area contributed by atoms with Crippen molar-refractivity contribution in [1.29, 1.82) is 0 Å². The van der Waals surface area contributed by atoms with Crippen molar-refractivity contribution in [2.75, 3.05) is 17.6 Å². The molecule has 1 heterocycles. The van der Waals surface area contributed by atoms with Gasteiger partial charge in [0.05, 0.1) is 4.92 Å². The molecule has 16 heavy (non-hydrogen) atoms. The average molecular weight is 238 g/mol. The van der Waals surface area contributed by atoms with Crippen LogP contribution in [0, 0.1) is 10.1 Å². The average Bonchev–Trinajstić information content (AvgIpc) is 2.80. The van der Waals surface area contributed by atoms with E-state index in [1.807, 2.05) is 11.8 Å². The number of thioether (sulfide) groups is 1. The summed E-state index contributed by atoms with van der Waals surface area (Å²) < 4.78 is 0. The van der Waals surface area contributed by atoms with Crippen molar-refractivity contribution < 1.29 is 4.92 Å². The molecule has 0 amide bonds. The molecule has 0 radical (unpaired) electrons. The van der Waals surface area contributed by atoms with Gasteiger partial charge < -0.3 is 5.32 Å². The molecule has 4 nitrogen and oxygen atoms in total. The normalized spacial score (nSPS) is 19.6. The third-order valence-electron chi connectivity index (χ3n) is 2.64. The molecule has 0 bridgehead atoms. The number of nitrogens with zero attached hydrogens (tertiary/aromatic N) is 1. The number of non-ortho nitro benzene ring substituents is 1. The van der Waals surface area contributed by atoms with Gasteiger partial charge in [0.2, 0.25) is 0 Å². The van der Waals surface area contributed by atoms with Crippen LogP contribution >= 0.6 is 11.8 Å². The summed E-state index contributed by atoms with van der Waals surface area (Å²) in [5.74, 6) is 1.26. The predicted octanol–water partition coefficient (Wildman–Crippen LogP) is 2.90. The van der Waals surface area contributed by atoms with Crippen molar-refractivity contribution in [3.63, 3.8) is 0 Å². The zero-order valence-electron chi connectivity index (χ0n) is 8.89. The molecule has 1 saturated heterocycles. The molecule has 1 atom stereocenters. The maximum atomic E-state index is 10.5. The van der Waals surface area contributed by atoms with Crippen LogP contribution in [0.5, 0.6) is 0 Å². The lowest BCUT2D eigenvalue weighted by atomic mass is 10.2. The van der Waals surface area contributed by atoms with Gasteiger partial charge in [0.1, 0.15) is 0 Å². The van der Waals surface area contributed by atoms with E-state index >= 15 is 0 Å². The van der Waals surface area contributed by atoms with Crippen LogP contribution in [0.1, 0.15) is 12.8 Å². The Labute approximate surface area is 98.6 Å². The van der Waals surface area contributed by atoms with Crippen molar-refractivity contribution in [2.24, 2.45) is 0 Å². The summed E-state index contributed by atoms with van der Waals surface area (Å²) in [7, 11) is 0. The Bertz CT molecular complexity index is 361. The Morgan fingerprint density at radius 2 is 2.19 bits per heavy atom. The summed E-state index contributed by atoms with van der Waals surface area (Å²) in [4.78, 5) is 10.1. The van der Waals surface area contributed by atoms with Crippen LogP contribution in [-0.4, -0.2) is 22.5 Å². The number of nitro benzene ring substituents is 1. The molecule has 1 N–H and O–H groups in total. The van der Waals surface area contributed by atoms with Crippen molar-refractivity contribution in [3.05, 3.63) is 34.4 Å². The van der Waals surface area contributed by atoms with Gasteiger partial charge in [0, 0.05) is 29.6 Å². The molecule has 1 aliphatic rings. The molecule has 0 aliphatic carbocycles. The summed E-state index contributed by atoms with van der Waals surface area (Å²) >= 11 is 2.00. The smallest absolute Gasteiger partial charge is 0.269 e. The van der Waals surface area contributed by atoms with E-state index in [4.69, 9.17) is 0 Å². The van der Waals surface area contributed by atoms with Gasteiger partial charge in [-0.2, -0.15) is 11.8 Å². The van der Waals surface area contributed by atoms with E-state index in [0.717, 1.165) is 12.2 Å². The van der Waals surface area contributed by atoms with Crippen molar-refractivity contribution in [3.8, 4) is 0 Å². The number of nitro groups is 1. The van der Waals surface area contributed by atoms with Crippen molar-refractivity contribution in [1.82, 2.24) is 0 Å². The number of nitrogens with one attached hydrogen (secondary N) is 1.